The quantitative estimate of drug-likeness (QED) is 0.723. The molecule has 8 heteroatoms. The average molecular weight is 382 g/mol. The van der Waals surface area contributed by atoms with Crippen LogP contribution >= 0.6 is 34.5 Å². The van der Waals surface area contributed by atoms with Gasteiger partial charge in [-0.1, -0.05) is 29.3 Å². The minimum absolute atomic E-state index is 0.231. The summed E-state index contributed by atoms with van der Waals surface area (Å²) in [6, 6.07) is 5.10. The number of nitrogens with one attached hydrogen (secondary N) is 2. The number of carbonyl (C=O) groups excluding carboxylic acids is 1. The SMILES string of the molecule is Cc1nc2sc(C(=O)NCc3ccc(Cl)cc3Cl)c(C)c2c(=O)[nH]1. The van der Waals surface area contributed by atoms with Crippen LogP contribution in [0.3, 0.4) is 0 Å². The highest BCUT2D eigenvalue weighted by Crippen LogP contribution is 2.27. The lowest BCUT2D eigenvalue weighted by Crippen LogP contribution is -2.22. The van der Waals surface area contributed by atoms with Crippen LogP contribution in [0.5, 0.6) is 0 Å². The highest BCUT2D eigenvalue weighted by Gasteiger charge is 2.18. The van der Waals surface area contributed by atoms with Crippen molar-refractivity contribution in [1.29, 1.82) is 0 Å². The Labute approximate surface area is 151 Å². The van der Waals surface area contributed by atoms with Crippen LogP contribution in [0.25, 0.3) is 10.2 Å². The fourth-order valence-electron chi connectivity index (χ4n) is 2.39. The molecular weight excluding hydrogens is 369 g/mol. The molecule has 3 rings (SSSR count). The Bertz CT molecular complexity index is 1010. The molecule has 0 bridgehead atoms. The summed E-state index contributed by atoms with van der Waals surface area (Å²) in [5, 5.41) is 4.30. The van der Waals surface area contributed by atoms with Gasteiger partial charge < -0.3 is 10.3 Å². The van der Waals surface area contributed by atoms with Gasteiger partial charge in [0.15, 0.2) is 0 Å². The molecule has 2 aromatic heterocycles. The van der Waals surface area contributed by atoms with E-state index in [1.165, 1.54) is 11.3 Å². The van der Waals surface area contributed by atoms with Crippen molar-refractivity contribution in [3.63, 3.8) is 0 Å². The number of carbonyl (C=O) groups is 1. The number of hydrogen-bond donors (Lipinski definition) is 2. The summed E-state index contributed by atoms with van der Waals surface area (Å²) in [6.45, 7) is 3.72. The molecule has 0 radical (unpaired) electrons. The fraction of sp³-hybridized carbons (Fsp3) is 0.188. The van der Waals surface area contributed by atoms with Gasteiger partial charge in [0, 0.05) is 16.6 Å². The molecule has 1 amide bonds. The van der Waals surface area contributed by atoms with Gasteiger partial charge in [0.05, 0.1) is 10.3 Å². The molecule has 0 fully saturated rings. The first kappa shape index (κ1) is 17.0. The van der Waals surface area contributed by atoms with E-state index in [-0.39, 0.29) is 18.0 Å². The number of H-pyrrole nitrogens is 1. The summed E-state index contributed by atoms with van der Waals surface area (Å²) in [6.07, 6.45) is 0. The van der Waals surface area contributed by atoms with Crippen molar-refractivity contribution in [3.8, 4) is 0 Å². The summed E-state index contributed by atoms with van der Waals surface area (Å²) in [5.41, 5.74) is 1.16. The van der Waals surface area contributed by atoms with Crippen LogP contribution in [0.1, 0.15) is 26.6 Å². The molecule has 0 unspecified atom stereocenters. The number of amides is 1. The minimum atomic E-state index is -0.265. The van der Waals surface area contributed by atoms with E-state index in [2.05, 4.69) is 15.3 Å². The number of aromatic amines is 1. The number of halogens is 2. The standard InChI is InChI=1S/C16H13Cl2N3O2S/c1-7-12-14(22)20-8(2)21-16(12)24-13(7)15(23)19-6-9-3-4-10(17)5-11(9)18/h3-5H,6H2,1-2H3,(H,19,23)(H,20,21,22). The molecule has 0 aliphatic heterocycles. The molecule has 0 saturated carbocycles. The summed E-state index contributed by atoms with van der Waals surface area (Å²) < 4.78 is 0. The maximum atomic E-state index is 12.5. The third kappa shape index (κ3) is 3.17. The molecular formula is C16H13Cl2N3O2S. The predicted molar refractivity (Wildman–Crippen MR) is 97.3 cm³/mol. The van der Waals surface area contributed by atoms with Crippen molar-refractivity contribution in [2.75, 3.05) is 0 Å². The maximum Gasteiger partial charge on any atom is 0.261 e. The van der Waals surface area contributed by atoms with Crippen molar-refractivity contribution in [1.82, 2.24) is 15.3 Å². The zero-order chi connectivity index (χ0) is 17.4. The summed E-state index contributed by atoms with van der Waals surface area (Å²) in [7, 11) is 0. The smallest absolute Gasteiger partial charge is 0.261 e. The number of rotatable bonds is 3. The van der Waals surface area contributed by atoms with Gasteiger partial charge in [0.25, 0.3) is 11.5 Å². The minimum Gasteiger partial charge on any atom is -0.347 e. The predicted octanol–water partition coefficient (Wildman–Crippen LogP) is 3.84. The van der Waals surface area contributed by atoms with Crippen molar-refractivity contribution in [2.45, 2.75) is 20.4 Å². The van der Waals surface area contributed by atoms with E-state index in [1.54, 1.807) is 32.0 Å². The van der Waals surface area contributed by atoms with Gasteiger partial charge in [-0.15, -0.1) is 11.3 Å². The van der Waals surface area contributed by atoms with Crippen LogP contribution in [0, 0.1) is 13.8 Å². The second kappa shape index (κ2) is 6.55. The third-order valence-electron chi connectivity index (χ3n) is 3.58. The van der Waals surface area contributed by atoms with E-state index >= 15 is 0 Å². The first-order chi connectivity index (χ1) is 11.4. The number of nitrogens with zero attached hydrogens (tertiary/aromatic N) is 1. The number of aromatic nitrogens is 2. The number of thiophene rings is 1. The van der Waals surface area contributed by atoms with Crippen LogP contribution < -0.4 is 10.9 Å². The van der Waals surface area contributed by atoms with E-state index in [4.69, 9.17) is 23.2 Å². The van der Waals surface area contributed by atoms with E-state index in [0.717, 1.165) is 5.56 Å². The van der Waals surface area contributed by atoms with E-state index in [0.29, 0.717) is 36.5 Å². The van der Waals surface area contributed by atoms with Crippen molar-refractivity contribution in [2.24, 2.45) is 0 Å². The lowest BCUT2D eigenvalue weighted by atomic mass is 10.2. The Kier molecular flexibility index (Phi) is 4.62. The monoisotopic (exact) mass is 381 g/mol. The normalized spacial score (nSPS) is 11.0. The molecule has 0 aliphatic carbocycles. The molecule has 2 N–H and O–H groups in total. The average Bonchev–Trinajstić information content (AvgIpc) is 2.83. The zero-order valence-corrected chi connectivity index (χ0v) is 15.2. The van der Waals surface area contributed by atoms with Crippen LogP contribution in [-0.4, -0.2) is 15.9 Å². The highest BCUT2D eigenvalue weighted by molar-refractivity contribution is 7.20. The molecule has 0 atom stereocenters. The Morgan fingerprint density at radius 1 is 1.33 bits per heavy atom. The lowest BCUT2D eigenvalue weighted by molar-refractivity contribution is 0.0954. The molecule has 1 aromatic carbocycles. The van der Waals surface area contributed by atoms with E-state index < -0.39 is 0 Å². The van der Waals surface area contributed by atoms with Crippen molar-refractivity contribution in [3.05, 3.63) is 60.4 Å². The van der Waals surface area contributed by atoms with Crippen molar-refractivity contribution >= 4 is 50.7 Å². The Morgan fingerprint density at radius 2 is 2.08 bits per heavy atom. The Morgan fingerprint density at radius 3 is 2.79 bits per heavy atom. The zero-order valence-electron chi connectivity index (χ0n) is 12.9. The number of hydrogen-bond acceptors (Lipinski definition) is 4. The first-order valence-corrected chi connectivity index (χ1v) is 8.66. The molecule has 124 valence electrons. The van der Waals surface area contributed by atoms with Crippen LogP contribution in [0.15, 0.2) is 23.0 Å². The summed E-state index contributed by atoms with van der Waals surface area (Å²) in [4.78, 5) is 32.5. The number of benzene rings is 1. The molecule has 3 aromatic rings. The molecule has 0 spiro atoms. The van der Waals surface area contributed by atoms with Gasteiger partial charge in [0.2, 0.25) is 0 Å². The summed E-state index contributed by atoms with van der Waals surface area (Å²) in [5.74, 6) is 0.257. The Balaban J connectivity index is 1.88. The van der Waals surface area contributed by atoms with Gasteiger partial charge in [-0.2, -0.15) is 0 Å². The van der Waals surface area contributed by atoms with Gasteiger partial charge in [0.1, 0.15) is 10.7 Å². The van der Waals surface area contributed by atoms with Gasteiger partial charge >= 0.3 is 0 Å². The second-order valence-corrected chi connectivity index (χ2v) is 7.15. The van der Waals surface area contributed by atoms with Gasteiger partial charge in [-0.25, -0.2) is 4.98 Å². The van der Waals surface area contributed by atoms with E-state index in [1.807, 2.05) is 0 Å². The van der Waals surface area contributed by atoms with Crippen LogP contribution in [-0.2, 0) is 6.54 Å². The molecule has 24 heavy (non-hydrogen) atoms. The maximum absolute atomic E-state index is 12.5. The molecule has 0 saturated heterocycles. The van der Waals surface area contributed by atoms with Gasteiger partial charge in [-0.3, -0.25) is 9.59 Å². The van der Waals surface area contributed by atoms with Crippen LogP contribution in [0.2, 0.25) is 10.0 Å². The van der Waals surface area contributed by atoms with Crippen molar-refractivity contribution < 1.29 is 4.79 Å². The fourth-order valence-corrected chi connectivity index (χ4v) is 4.01. The molecule has 5 nitrogen and oxygen atoms in total. The lowest BCUT2D eigenvalue weighted by Gasteiger charge is -2.07. The largest absolute Gasteiger partial charge is 0.347 e. The highest BCUT2D eigenvalue weighted by atomic mass is 35.5. The first-order valence-electron chi connectivity index (χ1n) is 7.09. The Hall–Kier alpha value is -1.89. The second-order valence-electron chi connectivity index (χ2n) is 5.31. The van der Waals surface area contributed by atoms with Gasteiger partial charge in [-0.05, 0) is 37.1 Å². The molecule has 0 aliphatic rings. The summed E-state index contributed by atoms with van der Waals surface area (Å²) >= 11 is 13.2. The number of aryl methyl sites for hydroxylation is 2. The van der Waals surface area contributed by atoms with E-state index in [9.17, 15) is 9.59 Å². The number of fused-ring (bicyclic) bond motifs is 1. The third-order valence-corrected chi connectivity index (χ3v) is 5.35. The topological polar surface area (TPSA) is 74.8 Å². The van der Waals surface area contributed by atoms with Crippen LogP contribution in [0.4, 0.5) is 0 Å². The molecule has 2 heterocycles.